The van der Waals surface area contributed by atoms with Gasteiger partial charge in [-0.2, -0.15) is 0 Å². The zero-order valence-electron chi connectivity index (χ0n) is 15.0. The summed E-state index contributed by atoms with van der Waals surface area (Å²) in [6.45, 7) is 16.9. The molecular formula is C17H37NO3. The molecule has 0 aliphatic rings. The van der Waals surface area contributed by atoms with E-state index >= 15 is 0 Å². The molecule has 0 rings (SSSR count). The number of ether oxygens (including phenoxy) is 3. The Morgan fingerprint density at radius 1 is 0.762 bits per heavy atom. The van der Waals surface area contributed by atoms with E-state index in [0.29, 0.717) is 38.3 Å². The summed E-state index contributed by atoms with van der Waals surface area (Å²) in [6, 6.07) is 0.0627. The molecule has 0 aliphatic heterocycles. The Balaban J connectivity index is 4.43. The molecular weight excluding hydrogens is 266 g/mol. The van der Waals surface area contributed by atoms with Crippen molar-refractivity contribution in [3.8, 4) is 0 Å². The molecule has 0 aromatic heterocycles. The van der Waals surface area contributed by atoms with Crippen molar-refractivity contribution in [3.63, 3.8) is 0 Å². The summed E-state index contributed by atoms with van der Waals surface area (Å²) >= 11 is 0. The number of nitrogens with two attached hydrogens (primary N) is 1. The van der Waals surface area contributed by atoms with Crippen LogP contribution in [0.1, 0.15) is 48.0 Å². The Labute approximate surface area is 131 Å². The van der Waals surface area contributed by atoms with E-state index in [1.54, 1.807) is 0 Å². The fourth-order valence-corrected chi connectivity index (χ4v) is 1.91. The van der Waals surface area contributed by atoms with E-state index in [-0.39, 0.29) is 11.5 Å². The Bertz CT molecular complexity index is 206. The zero-order valence-corrected chi connectivity index (χ0v) is 15.0. The predicted molar refractivity (Wildman–Crippen MR) is 88.5 cm³/mol. The molecule has 0 spiro atoms. The van der Waals surface area contributed by atoms with Crippen molar-refractivity contribution in [1.82, 2.24) is 0 Å². The van der Waals surface area contributed by atoms with Crippen molar-refractivity contribution in [2.45, 2.75) is 54.0 Å². The van der Waals surface area contributed by atoms with Crippen LogP contribution in [0.15, 0.2) is 0 Å². The van der Waals surface area contributed by atoms with Crippen molar-refractivity contribution in [3.05, 3.63) is 0 Å². The van der Waals surface area contributed by atoms with Gasteiger partial charge in [0.1, 0.15) is 0 Å². The van der Waals surface area contributed by atoms with Crippen LogP contribution in [0.25, 0.3) is 0 Å². The van der Waals surface area contributed by atoms with Crippen LogP contribution >= 0.6 is 0 Å². The van der Waals surface area contributed by atoms with E-state index in [4.69, 9.17) is 19.9 Å². The van der Waals surface area contributed by atoms with Crippen LogP contribution in [0.3, 0.4) is 0 Å². The van der Waals surface area contributed by atoms with E-state index in [2.05, 4.69) is 34.6 Å². The molecule has 0 saturated heterocycles. The first-order valence-electron chi connectivity index (χ1n) is 8.30. The van der Waals surface area contributed by atoms with Crippen LogP contribution in [-0.4, -0.2) is 45.7 Å². The van der Waals surface area contributed by atoms with Crippen LogP contribution < -0.4 is 5.73 Å². The van der Waals surface area contributed by atoms with Gasteiger partial charge in [0.2, 0.25) is 0 Å². The highest BCUT2D eigenvalue weighted by atomic mass is 16.5. The molecule has 4 nitrogen and oxygen atoms in total. The van der Waals surface area contributed by atoms with E-state index < -0.39 is 0 Å². The predicted octanol–water partition coefficient (Wildman–Crippen LogP) is 3.09. The number of rotatable bonds is 13. The van der Waals surface area contributed by atoms with Gasteiger partial charge in [0.15, 0.2) is 0 Å². The largest absolute Gasteiger partial charge is 0.380 e. The van der Waals surface area contributed by atoms with Gasteiger partial charge >= 0.3 is 0 Å². The molecule has 0 aromatic rings. The molecule has 0 radical (unpaired) electrons. The molecule has 0 fully saturated rings. The van der Waals surface area contributed by atoms with Gasteiger partial charge in [-0.25, -0.2) is 0 Å². The summed E-state index contributed by atoms with van der Waals surface area (Å²) in [6.07, 6.45) is 0.974. The van der Waals surface area contributed by atoms with Gasteiger partial charge in [0, 0.05) is 24.7 Å². The standard InChI is InChI=1S/C17H37NO3/c1-7-17(11-19-8-14(2)3,12-20-9-15(4)5)13-21-10-16(6)18/h14-16H,7-13,18H2,1-6H3. The van der Waals surface area contributed by atoms with Crippen LogP contribution in [0.5, 0.6) is 0 Å². The monoisotopic (exact) mass is 303 g/mol. The first-order valence-corrected chi connectivity index (χ1v) is 8.30. The van der Waals surface area contributed by atoms with Gasteiger partial charge < -0.3 is 19.9 Å². The SMILES string of the molecule is CCC(COCC(C)C)(COCC(C)C)COCC(C)N. The van der Waals surface area contributed by atoms with Gasteiger partial charge in [-0.1, -0.05) is 34.6 Å². The Morgan fingerprint density at radius 3 is 1.43 bits per heavy atom. The van der Waals surface area contributed by atoms with E-state index in [1.165, 1.54) is 0 Å². The second-order valence-electron chi connectivity index (χ2n) is 7.16. The molecule has 1 atom stereocenters. The zero-order chi connectivity index (χ0) is 16.3. The quantitative estimate of drug-likeness (QED) is 0.568. The molecule has 1 unspecified atom stereocenters. The van der Waals surface area contributed by atoms with Crippen LogP contribution in [0, 0.1) is 17.3 Å². The van der Waals surface area contributed by atoms with Crippen molar-refractivity contribution >= 4 is 0 Å². The average molecular weight is 303 g/mol. The molecule has 21 heavy (non-hydrogen) atoms. The molecule has 0 saturated carbocycles. The van der Waals surface area contributed by atoms with Gasteiger partial charge in [-0.3, -0.25) is 0 Å². The lowest BCUT2D eigenvalue weighted by molar-refractivity contribution is -0.0792. The highest BCUT2D eigenvalue weighted by Gasteiger charge is 2.30. The van der Waals surface area contributed by atoms with Gasteiger partial charge in [-0.15, -0.1) is 0 Å². The van der Waals surface area contributed by atoms with Crippen molar-refractivity contribution < 1.29 is 14.2 Å². The van der Waals surface area contributed by atoms with Crippen LogP contribution in [-0.2, 0) is 14.2 Å². The summed E-state index contributed by atoms with van der Waals surface area (Å²) in [4.78, 5) is 0. The minimum Gasteiger partial charge on any atom is -0.380 e. The first kappa shape index (κ1) is 20.8. The number of hydrogen-bond donors (Lipinski definition) is 1. The van der Waals surface area contributed by atoms with Gasteiger partial charge in [0.05, 0.1) is 26.4 Å². The molecule has 4 heteroatoms. The smallest absolute Gasteiger partial charge is 0.0615 e. The maximum atomic E-state index is 5.88. The van der Waals surface area contributed by atoms with Crippen molar-refractivity contribution in [2.75, 3.05) is 39.6 Å². The summed E-state index contributed by atoms with van der Waals surface area (Å²) in [5, 5.41) is 0. The highest BCUT2D eigenvalue weighted by Crippen LogP contribution is 2.24. The Hall–Kier alpha value is -0.160. The van der Waals surface area contributed by atoms with Gasteiger partial charge in [-0.05, 0) is 25.2 Å². The van der Waals surface area contributed by atoms with E-state index in [1.807, 2.05) is 6.92 Å². The molecule has 0 aliphatic carbocycles. The lowest BCUT2D eigenvalue weighted by atomic mass is 9.88. The maximum Gasteiger partial charge on any atom is 0.0615 e. The van der Waals surface area contributed by atoms with Gasteiger partial charge in [0.25, 0.3) is 0 Å². The molecule has 0 aromatic carbocycles. The Morgan fingerprint density at radius 2 is 1.14 bits per heavy atom. The van der Waals surface area contributed by atoms with E-state index in [9.17, 15) is 0 Å². The molecule has 0 heterocycles. The first-order chi connectivity index (χ1) is 9.81. The van der Waals surface area contributed by atoms with E-state index in [0.717, 1.165) is 19.6 Å². The third-order valence-electron chi connectivity index (χ3n) is 3.26. The van der Waals surface area contributed by atoms with Crippen molar-refractivity contribution in [2.24, 2.45) is 23.0 Å². The Kier molecular flexibility index (Phi) is 11.3. The number of hydrogen-bond acceptors (Lipinski definition) is 4. The van der Waals surface area contributed by atoms with Crippen LogP contribution in [0.2, 0.25) is 0 Å². The fraction of sp³-hybridized carbons (Fsp3) is 1.00. The summed E-state index contributed by atoms with van der Waals surface area (Å²) in [5.41, 5.74) is 5.68. The third kappa shape index (κ3) is 11.1. The minimum absolute atomic E-state index is 0.0627. The summed E-state index contributed by atoms with van der Waals surface area (Å²) < 4.78 is 17.5. The lowest BCUT2D eigenvalue weighted by Gasteiger charge is -2.33. The average Bonchev–Trinajstić information content (AvgIpc) is 2.36. The normalized spacial score (nSPS) is 14.1. The lowest BCUT2D eigenvalue weighted by Crippen LogP contribution is -2.39. The topological polar surface area (TPSA) is 53.7 Å². The molecule has 0 bridgehead atoms. The maximum absolute atomic E-state index is 5.88. The highest BCUT2D eigenvalue weighted by molar-refractivity contribution is 4.78. The third-order valence-corrected chi connectivity index (χ3v) is 3.26. The summed E-state index contributed by atoms with van der Waals surface area (Å²) in [5.74, 6) is 1.09. The molecule has 0 amide bonds. The van der Waals surface area contributed by atoms with Crippen LogP contribution in [0.4, 0.5) is 0 Å². The molecule has 2 N–H and O–H groups in total. The fourth-order valence-electron chi connectivity index (χ4n) is 1.91. The second-order valence-corrected chi connectivity index (χ2v) is 7.16. The van der Waals surface area contributed by atoms with Crippen molar-refractivity contribution in [1.29, 1.82) is 0 Å². The second kappa shape index (κ2) is 11.4. The summed E-state index contributed by atoms with van der Waals surface area (Å²) in [7, 11) is 0. The molecule has 128 valence electrons. The minimum atomic E-state index is -0.0708.